The molecule has 1 N–H and O–H groups in total. The van der Waals surface area contributed by atoms with Crippen molar-refractivity contribution < 1.29 is 9.53 Å². The number of carbonyl (C=O) groups excluding carboxylic acids is 1. The molecule has 2 aromatic rings. The number of nitrogens with one attached hydrogen (secondary N) is 1. The van der Waals surface area contributed by atoms with Crippen molar-refractivity contribution in [3.8, 4) is 5.75 Å². The number of carbonyl (C=O) groups is 1. The number of para-hydroxylation sites is 1. The van der Waals surface area contributed by atoms with Crippen molar-refractivity contribution in [1.82, 2.24) is 10.3 Å². The van der Waals surface area contributed by atoms with Crippen LogP contribution in [-0.2, 0) is 6.54 Å². The molecule has 122 valence electrons. The molecular formula is C18H23N3O2. The van der Waals surface area contributed by atoms with E-state index in [4.69, 9.17) is 4.74 Å². The Morgan fingerprint density at radius 1 is 1.22 bits per heavy atom. The molecule has 1 amide bonds. The number of pyridine rings is 1. The topological polar surface area (TPSA) is 54.5 Å². The minimum atomic E-state index is -0.141. The van der Waals surface area contributed by atoms with Gasteiger partial charge in [0.05, 0.1) is 24.6 Å². The third kappa shape index (κ3) is 4.22. The van der Waals surface area contributed by atoms with Crippen LogP contribution in [0.15, 0.2) is 42.7 Å². The number of aromatic nitrogens is 1. The summed E-state index contributed by atoms with van der Waals surface area (Å²) in [7, 11) is 1.62. The number of rotatable bonds is 7. The number of anilines is 1. The molecule has 1 aromatic heterocycles. The molecule has 0 saturated carbocycles. The number of amides is 1. The van der Waals surface area contributed by atoms with Gasteiger partial charge >= 0.3 is 0 Å². The highest BCUT2D eigenvalue weighted by atomic mass is 16.5. The van der Waals surface area contributed by atoms with Crippen molar-refractivity contribution in [2.75, 3.05) is 25.1 Å². The van der Waals surface area contributed by atoms with Crippen LogP contribution in [0, 0.1) is 0 Å². The van der Waals surface area contributed by atoms with Gasteiger partial charge in [-0.25, -0.2) is 0 Å². The van der Waals surface area contributed by atoms with Gasteiger partial charge in [-0.1, -0.05) is 18.2 Å². The molecular weight excluding hydrogens is 290 g/mol. The molecule has 5 nitrogen and oxygen atoms in total. The van der Waals surface area contributed by atoms with Gasteiger partial charge in [0, 0.05) is 31.4 Å². The standard InChI is InChI=1S/C18H23N3O2/c1-4-21(5-2)16-10-15(11-19-13-16)18(22)20-12-14-8-6-7-9-17(14)23-3/h6-11,13H,4-5,12H2,1-3H3,(H,20,22). The molecule has 1 heterocycles. The number of nitrogens with zero attached hydrogens (tertiary/aromatic N) is 2. The average Bonchev–Trinajstić information content (AvgIpc) is 2.61. The number of hydrogen-bond acceptors (Lipinski definition) is 4. The first kappa shape index (κ1) is 16.8. The van der Waals surface area contributed by atoms with E-state index in [9.17, 15) is 4.79 Å². The lowest BCUT2D eigenvalue weighted by molar-refractivity contribution is 0.0950. The zero-order valence-corrected chi connectivity index (χ0v) is 13.9. The van der Waals surface area contributed by atoms with E-state index in [-0.39, 0.29) is 5.91 Å². The summed E-state index contributed by atoms with van der Waals surface area (Å²) in [6, 6.07) is 9.51. The first-order chi connectivity index (χ1) is 11.2. The third-order valence-electron chi connectivity index (χ3n) is 3.75. The van der Waals surface area contributed by atoms with E-state index < -0.39 is 0 Å². The fraction of sp³-hybridized carbons (Fsp3) is 0.333. The molecule has 5 heteroatoms. The molecule has 0 aliphatic carbocycles. The molecule has 0 bridgehead atoms. The van der Waals surface area contributed by atoms with Gasteiger partial charge < -0.3 is 15.0 Å². The lowest BCUT2D eigenvalue weighted by Crippen LogP contribution is -2.25. The molecule has 0 aliphatic rings. The van der Waals surface area contributed by atoms with Crippen molar-refractivity contribution >= 4 is 11.6 Å². The minimum Gasteiger partial charge on any atom is -0.496 e. The van der Waals surface area contributed by atoms with Crippen LogP contribution < -0.4 is 15.0 Å². The highest BCUT2D eigenvalue weighted by Crippen LogP contribution is 2.17. The Hall–Kier alpha value is -2.56. The Kier molecular flexibility index (Phi) is 5.97. The Bertz CT molecular complexity index is 654. The number of ether oxygens (including phenoxy) is 1. The van der Waals surface area contributed by atoms with Crippen LogP contribution in [0.3, 0.4) is 0 Å². The van der Waals surface area contributed by atoms with Gasteiger partial charge in [0.25, 0.3) is 5.91 Å². The maximum atomic E-state index is 12.4. The molecule has 0 saturated heterocycles. The van der Waals surface area contributed by atoms with Crippen molar-refractivity contribution in [3.05, 3.63) is 53.9 Å². The van der Waals surface area contributed by atoms with Gasteiger partial charge in [0.1, 0.15) is 5.75 Å². The molecule has 1 aromatic carbocycles. The van der Waals surface area contributed by atoms with Gasteiger partial charge in [-0.15, -0.1) is 0 Å². The van der Waals surface area contributed by atoms with E-state index in [1.165, 1.54) is 0 Å². The average molecular weight is 313 g/mol. The second kappa shape index (κ2) is 8.17. The first-order valence-corrected chi connectivity index (χ1v) is 7.79. The van der Waals surface area contributed by atoms with Crippen LogP contribution in [0.25, 0.3) is 0 Å². The van der Waals surface area contributed by atoms with Crippen LogP contribution in [-0.4, -0.2) is 31.1 Å². The lowest BCUT2D eigenvalue weighted by Gasteiger charge is -2.20. The number of hydrogen-bond donors (Lipinski definition) is 1. The van der Waals surface area contributed by atoms with Gasteiger partial charge in [-0.3, -0.25) is 9.78 Å². The highest BCUT2D eigenvalue weighted by molar-refractivity contribution is 5.94. The Morgan fingerprint density at radius 3 is 2.65 bits per heavy atom. The molecule has 0 spiro atoms. The summed E-state index contributed by atoms with van der Waals surface area (Å²) < 4.78 is 5.29. The molecule has 23 heavy (non-hydrogen) atoms. The summed E-state index contributed by atoms with van der Waals surface area (Å²) in [5.74, 6) is 0.625. The molecule has 0 unspecified atom stereocenters. The van der Waals surface area contributed by atoms with Gasteiger partial charge in [-0.05, 0) is 26.0 Å². The van der Waals surface area contributed by atoms with Crippen molar-refractivity contribution in [1.29, 1.82) is 0 Å². The van der Waals surface area contributed by atoms with E-state index in [0.29, 0.717) is 12.1 Å². The summed E-state index contributed by atoms with van der Waals surface area (Å²) in [5, 5.41) is 2.91. The van der Waals surface area contributed by atoms with E-state index >= 15 is 0 Å². The normalized spacial score (nSPS) is 10.2. The summed E-state index contributed by atoms with van der Waals surface area (Å²) in [4.78, 5) is 18.7. The molecule has 0 fully saturated rings. The van der Waals surface area contributed by atoms with E-state index in [1.807, 2.05) is 30.3 Å². The second-order valence-electron chi connectivity index (χ2n) is 5.10. The van der Waals surface area contributed by atoms with Crippen molar-refractivity contribution in [2.45, 2.75) is 20.4 Å². The van der Waals surface area contributed by atoms with Crippen LogP contribution in [0.2, 0.25) is 0 Å². The van der Waals surface area contributed by atoms with E-state index in [1.54, 1.807) is 19.5 Å². The number of methoxy groups -OCH3 is 1. The Balaban J connectivity index is 2.07. The quantitative estimate of drug-likeness (QED) is 0.854. The fourth-order valence-electron chi connectivity index (χ4n) is 2.44. The van der Waals surface area contributed by atoms with Crippen molar-refractivity contribution in [3.63, 3.8) is 0 Å². The van der Waals surface area contributed by atoms with Crippen LogP contribution in [0.5, 0.6) is 5.75 Å². The number of benzene rings is 1. The minimum absolute atomic E-state index is 0.141. The van der Waals surface area contributed by atoms with E-state index in [2.05, 4.69) is 29.0 Å². The second-order valence-corrected chi connectivity index (χ2v) is 5.10. The Morgan fingerprint density at radius 2 is 1.96 bits per heavy atom. The van der Waals surface area contributed by atoms with Crippen LogP contribution in [0.1, 0.15) is 29.8 Å². The molecule has 2 rings (SSSR count). The third-order valence-corrected chi connectivity index (χ3v) is 3.75. The smallest absolute Gasteiger partial charge is 0.253 e. The zero-order chi connectivity index (χ0) is 16.7. The van der Waals surface area contributed by atoms with Crippen LogP contribution in [0.4, 0.5) is 5.69 Å². The van der Waals surface area contributed by atoms with Crippen molar-refractivity contribution in [2.24, 2.45) is 0 Å². The zero-order valence-electron chi connectivity index (χ0n) is 13.9. The van der Waals surface area contributed by atoms with Crippen LogP contribution >= 0.6 is 0 Å². The maximum absolute atomic E-state index is 12.4. The molecule has 0 atom stereocenters. The highest BCUT2D eigenvalue weighted by Gasteiger charge is 2.10. The predicted molar refractivity (Wildman–Crippen MR) is 92.0 cm³/mol. The lowest BCUT2D eigenvalue weighted by atomic mass is 10.2. The molecule has 0 radical (unpaired) electrons. The summed E-state index contributed by atoms with van der Waals surface area (Å²) >= 11 is 0. The van der Waals surface area contributed by atoms with Gasteiger partial charge in [0.2, 0.25) is 0 Å². The monoisotopic (exact) mass is 313 g/mol. The van der Waals surface area contributed by atoms with Gasteiger partial charge in [-0.2, -0.15) is 0 Å². The SMILES string of the molecule is CCN(CC)c1cncc(C(=O)NCc2ccccc2OC)c1. The maximum Gasteiger partial charge on any atom is 0.253 e. The summed E-state index contributed by atoms with van der Waals surface area (Å²) in [5.41, 5.74) is 2.46. The molecule has 0 aliphatic heterocycles. The fourth-order valence-corrected chi connectivity index (χ4v) is 2.44. The first-order valence-electron chi connectivity index (χ1n) is 7.79. The largest absolute Gasteiger partial charge is 0.496 e. The van der Waals surface area contributed by atoms with E-state index in [0.717, 1.165) is 30.1 Å². The summed E-state index contributed by atoms with van der Waals surface area (Å²) in [6.07, 6.45) is 3.37. The van der Waals surface area contributed by atoms with Gasteiger partial charge in [0.15, 0.2) is 0 Å². The Labute approximate surface area is 137 Å². The predicted octanol–water partition coefficient (Wildman–Crippen LogP) is 2.87. The summed E-state index contributed by atoms with van der Waals surface area (Å²) in [6.45, 7) is 6.34.